The highest BCUT2D eigenvalue weighted by Crippen LogP contribution is 2.38. The van der Waals surface area contributed by atoms with Crippen molar-refractivity contribution in [3.63, 3.8) is 0 Å². The van der Waals surface area contributed by atoms with E-state index in [0.717, 1.165) is 24.6 Å². The summed E-state index contributed by atoms with van der Waals surface area (Å²) in [6, 6.07) is 8.13. The average Bonchev–Trinajstić information content (AvgIpc) is 3.09. The van der Waals surface area contributed by atoms with Crippen molar-refractivity contribution in [2.24, 2.45) is 4.99 Å². The van der Waals surface area contributed by atoms with E-state index >= 15 is 0 Å². The standard InChI is InChI=1S/C20H29N3O3S/c1-6-21-20(23-13-16-9-8-14(3)27-16)22-12-15-10-17(24-4)19(26-7-2)18(11-15)25-5/h8-11H,6-7,12-13H2,1-5H3,(H2,21,22,23). The summed E-state index contributed by atoms with van der Waals surface area (Å²) in [5.74, 6) is 2.69. The van der Waals surface area contributed by atoms with Crippen molar-refractivity contribution >= 4 is 17.3 Å². The molecule has 1 heterocycles. The minimum atomic E-state index is 0.498. The Hall–Kier alpha value is -2.41. The third-order valence-corrected chi connectivity index (χ3v) is 4.80. The summed E-state index contributed by atoms with van der Waals surface area (Å²) < 4.78 is 16.6. The molecule has 0 saturated carbocycles. The van der Waals surface area contributed by atoms with Crippen LogP contribution in [0, 0.1) is 6.92 Å². The molecular weight excluding hydrogens is 362 g/mol. The smallest absolute Gasteiger partial charge is 0.203 e. The van der Waals surface area contributed by atoms with Gasteiger partial charge in [0.1, 0.15) is 0 Å². The first-order valence-corrected chi connectivity index (χ1v) is 9.88. The van der Waals surface area contributed by atoms with Crippen LogP contribution in [0.15, 0.2) is 29.3 Å². The molecule has 1 aromatic carbocycles. The van der Waals surface area contributed by atoms with Crippen molar-refractivity contribution in [1.82, 2.24) is 10.6 Å². The van der Waals surface area contributed by atoms with Crippen molar-refractivity contribution in [3.05, 3.63) is 39.6 Å². The van der Waals surface area contributed by atoms with Gasteiger partial charge in [-0.25, -0.2) is 4.99 Å². The Morgan fingerprint density at radius 2 is 1.78 bits per heavy atom. The van der Waals surface area contributed by atoms with Crippen LogP contribution >= 0.6 is 11.3 Å². The molecule has 0 unspecified atom stereocenters. The summed E-state index contributed by atoms with van der Waals surface area (Å²) in [5, 5.41) is 6.65. The van der Waals surface area contributed by atoms with Gasteiger partial charge in [0.2, 0.25) is 5.75 Å². The number of nitrogens with one attached hydrogen (secondary N) is 2. The largest absolute Gasteiger partial charge is 0.493 e. The summed E-state index contributed by atoms with van der Waals surface area (Å²) in [6.45, 7) is 8.68. The molecular formula is C20H29N3O3S. The van der Waals surface area contributed by atoms with Crippen LogP contribution < -0.4 is 24.8 Å². The lowest BCUT2D eigenvalue weighted by molar-refractivity contribution is 0.288. The van der Waals surface area contributed by atoms with E-state index in [-0.39, 0.29) is 0 Å². The highest BCUT2D eigenvalue weighted by atomic mass is 32.1. The Morgan fingerprint density at radius 3 is 2.30 bits per heavy atom. The van der Waals surface area contributed by atoms with Crippen LogP contribution in [0.4, 0.5) is 0 Å². The van der Waals surface area contributed by atoms with Crippen LogP contribution in [0.3, 0.4) is 0 Å². The van der Waals surface area contributed by atoms with Crippen molar-refractivity contribution in [1.29, 1.82) is 0 Å². The fourth-order valence-corrected chi connectivity index (χ4v) is 3.41. The van der Waals surface area contributed by atoms with E-state index in [1.165, 1.54) is 9.75 Å². The number of benzene rings is 1. The first-order chi connectivity index (χ1) is 13.1. The Balaban J connectivity index is 2.13. The third kappa shape index (κ3) is 6.06. The lowest BCUT2D eigenvalue weighted by Crippen LogP contribution is -2.36. The van der Waals surface area contributed by atoms with Gasteiger partial charge in [-0.2, -0.15) is 0 Å². The molecule has 2 N–H and O–H groups in total. The molecule has 7 heteroatoms. The van der Waals surface area contributed by atoms with Crippen LogP contribution in [0.1, 0.15) is 29.2 Å². The number of thiophene rings is 1. The minimum absolute atomic E-state index is 0.498. The van der Waals surface area contributed by atoms with E-state index in [4.69, 9.17) is 14.2 Å². The van der Waals surface area contributed by atoms with Crippen LogP contribution in [-0.4, -0.2) is 33.3 Å². The fraction of sp³-hybridized carbons (Fsp3) is 0.450. The van der Waals surface area contributed by atoms with E-state index in [2.05, 4.69) is 41.6 Å². The number of methoxy groups -OCH3 is 2. The molecule has 6 nitrogen and oxygen atoms in total. The molecule has 0 aliphatic heterocycles. The molecule has 0 aliphatic carbocycles. The predicted molar refractivity (Wildman–Crippen MR) is 111 cm³/mol. The zero-order chi connectivity index (χ0) is 19.6. The van der Waals surface area contributed by atoms with E-state index in [1.54, 1.807) is 25.6 Å². The topological polar surface area (TPSA) is 64.1 Å². The molecule has 0 atom stereocenters. The number of nitrogens with zero attached hydrogens (tertiary/aromatic N) is 1. The van der Waals surface area contributed by atoms with Crippen molar-refractivity contribution < 1.29 is 14.2 Å². The third-order valence-electron chi connectivity index (χ3n) is 3.80. The second-order valence-electron chi connectivity index (χ2n) is 5.82. The number of hydrogen-bond donors (Lipinski definition) is 2. The van der Waals surface area contributed by atoms with Crippen LogP contribution in [-0.2, 0) is 13.1 Å². The Kier molecular flexibility index (Phi) is 8.26. The van der Waals surface area contributed by atoms with Gasteiger partial charge in [-0.15, -0.1) is 11.3 Å². The summed E-state index contributed by atoms with van der Waals surface area (Å²) in [4.78, 5) is 7.27. The molecule has 2 rings (SSSR count). The molecule has 27 heavy (non-hydrogen) atoms. The SMILES string of the molecule is CCNC(=NCc1cc(OC)c(OCC)c(OC)c1)NCc1ccc(C)s1. The van der Waals surface area contributed by atoms with Gasteiger partial charge in [0.25, 0.3) is 0 Å². The van der Waals surface area contributed by atoms with Gasteiger partial charge in [0.15, 0.2) is 17.5 Å². The van der Waals surface area contributed by atoms with E-state index in [9.17, 15) is 0 Å². The van der Waals surface area contributed by atoms with Crippen LogP contribution in [0.25, 0.3) is 0 Å². The van der Waals surface area contributed by atoms with Crippen molar-refractivity contribution in [2.75, 3.05) is 27.4 Å². The van der Waals surface area contributed by atoms with Gasteiger partial charge < -0.3 is 24.8 Å². The lowest BCUT2D eigenvalue weighted by atomic mass is 10.2. The number of aliphatic imine (C=N–C) groups is 1. The van der Waals surface area contributed by atoms with Gasteiger partial charge in [0, 0.05) is 16.3 Å². The number of rotatable bonds is 9. The second-order valence-corrected chi connectivity index (χ2v) is 7.20. The van der Waals surface area contributed by atoms with E-state index in [0.29, 0.717) is 30.4 Å². The van der Waals surface area contributed by atoms with Crippen molar-refractivity contribution in [3.8, 4) is 17.2 Å². The first-order valence-electron chi connectivity index (χ1n) is 9.06. The zero-order valence-electron chi connectivity index (χ0n) is 16.7. The maximum Gasteiger partial charge on any atom is 0.203 e. The Labute approximate surface area is 165 Å². The monoisotopic (exact) mass is 391 g/mol. The molecule has 0 aliphatic rings. The molecule has 0 spiro atoms. The number of guanidine groups is 1. The minimum Gasteiger partial charge on any atom is -0.493 e. The molecule has 0 saturated heterocycles. The second kappa shape index (κ2) is 10.7. The Bertz CT molecular complexity index is 734. The predicted octanol–water partition coefficient (Wildman–Crippen LogP) is 3.73. The summed E-state index contributed by atoms with van der Waals surface area (Å²) >= 11 is 1.79. The molecule has 0 amide bonds. The quantitative estimate of drug-likeness (QED) is 0.504. The molecule has 1 aromatic heterocycles. The van der Waals surface area contributed by atoms with E-state index < -0.39 is 0 Å². The molecule has 0 bridgehead atoms. The van der Waals surface area contributed by atoms with Crippen LogP contribution in [0.2, 0.25) is 0 Å². The highest BCUT2D eigenvalue weighted by molar-refractivity contribution is 7.11. The first kappa shape index (κ1) is 20.9. The van der Waals surface area contributed by atoms with Gasteiger partial charge in [-0.3, -0.25) is 0 Å². The summed E-state index contributed by atoms with van der Waals surface area (Å²) in [7, 11) is 3.25. The maximum absolute atomic E-state index is 5.65. The van der Waals surface area contributed by atoms with Gasteiger partial charge in [0.05, 0.1) is 33.9 Å². The average molecular weight is 392 g/mol. The van der Waals surface area contributed by atoms with Gasteiger partial charge in [-0.1, -0.05) is 0 Å². The van der Waals surface area contributed by atoms with E-state index in [1.807, 2.05) is 19.1 Å². The normalized spacial score (nSPS) is 11.2. The molecule has 0 fully saturated rings. The zero-order valence-corrected chi connectivity index (χ0v) is 17.5. The van der Waals surface area contributed by atoms with Gasteiger partial charge >= 0.3 is 0 Å². The van der Waals surface area contributed by atoms with Crippen LogP contribution in [0.5, 0.6) is 17.2 Å². The fourth-order valence-electron chi connectivity index (χ4n) is 2.58. The number of hydrogen-bond acceptors (Lipinski definition) is 5. The lowest BCUT2D eigenvalue weighted by Gasteiger charge is -2.15. The highest BCUT2D eigenvalue weighted by Gasteiger charge is 2.13. The summed E-state index contributed by atoms with van der Waals surface area (Å²) in [6.07, 6.45) is 0. The van der Waals surface area contributed by atoms with Crippen molar-refractivity contribution in [2.45, 2.75) is 33.9 Å². The van der Waals surface area contributed by atoms with Gasteiger partial charge in [-0.05, 0) is 50.6 Å². The number of aryl methyl sites for hydroxylation is 1. The molecule has 2 aromatic rings. The Morgan fingerprint density at radius 1 is 1.07 bits per heavy atom. The maximum atomic E-state index is 5.65. The number of ether oxygens (including phenoxy) is 3. The molecule has 148 valence electrons. The summed E-state index contributed by atoms with van der Waals surface area (Å²) in [5.41, 5.74) is 0.983. The molecule has 0 radical (unpaired) electrons.